The number of rotatable bonds is 9. The normalized spacial score (nSPS) is 11.0. The van der Waals surface area contributed by atoms with Crippen molar-refractivity contribution in [3.63, 3.8) is 0 Å². The highest BCUT2D eigenvalue weighted by molar-refractivity contribution is 7.13. The van der Waals surface area contributed by atoms with Gasteiger partial charge in [0.05, 0.1) is 21.8 Å². The maximum atomic E-state index is 12.9. The van der Waals surface area contributed by atoms with Crippen molar-refractivity contribution < 1.29 is 14.7 Å². The van der Waals surface area contributed by atoms with Crippen molar-refractivity contribution in [1.29, 1.82) is 0 Å². The quantitative estimate of drug-likeness (QED) is 0.322. The summed E-state index contributed by atoms with van der Waals surface area (Å²) in [6.07, 6.45) is 0. The monoisotopic (exact) mass is 480 g/mol. The Balaban J connectivity index is 2.00. The highest BCUT2D eigenvalue weighted by Crippen LogP contribution is 2.35. The van der Waals surface area contributed by atoms with Crippen molar-refractivity contribution in [3.05, 3.63) is 59.2 Å². The maximum Gasteiger partial charge on any atom is 0.356 e. The van der Waals surface area contributed by atoms with E-state index in [0.29, 0.717) is 33.7 Å². The molecule has 0 saturated carbocycles. The van der Waals surface area contributed by atoms with Crippen LogP contribution < -0.4 is 15.5 Å². The molecule has 0 fully saturated rings. The van der Waals surface area contributed by atoms with E-state index in [-0.39, 0.29) is 11.7 Å². The number of aromatic carboxylic acids is 1. The number of thiazole rings is 1. The van der Waals surface area contributed by atoms with Gasteiger partial charge in [0, 0.05) is 18.8 Å². The Morgan fingerprint density at radius 3 is 2.24 bits per heavy atom. The van der Waals surface area contributed by atoms with Gasteiger partial charge in [-0.2, -0.15) is 0 Å². The summed E-state index contributed by atoms with van der Waals surface area (Å²) in [7, 11) is 0. The van der Waals surface area contributed by atoms with Gasteiger partial charge in [-0.25, -0.2) is 14.6 Å². The van der Waals surface area contributed by atoms with Gasteiger partial charge in [-0.15, -0.1) is 11.3 Å². The smallest absolute Gasteiger partial charge is 0.356 e. The number of carbonyl (C=O) groups excluding carboxylic acids is 1. The molecule has 3 aromatic rings. The number of anilines is 3. The third kappa shape index (κ3) is 6.57. The molecule has 0 radical (unpaired) electrons. The van der Waals surface area contributed by atoms with E-state index in [0.717, 1.165) is 24.3 Å². The Bertz CT molecular complexity index is 1130. The molecule has 0 spiro atoms. The van der Waals surface area contributed by atoms with Gasteiger partial charge in [-0.05, 0) is 48.6 Å². The summed E-state index contributed by atoms with van der Waals surface area (Å²) < 4.78 is 0. The van der Waals surface area contributed by atoms with Crippen LogP contribution in [0, 0.1) is 18.8 Å². The first kappa shape index (κ1) is 25.2. The summed E-state index contributed by atoms with van der Waals surface area (Å²) in [4.78, 5) is 31.4. The third-order valence-corrected chi connectivity index (χ3v) is 5.97. The second kappa shape index (κ2) is 11.2. The molecule has 1 aromatic heterocycles. The minimum atomic E-state index is -1.08. The van der Waals surface area contributed by atoms with Crippen LogP contribution in [0.1, 0.15) is 43.7 Å². The molecule has 0 unspecified atom stereocenters. The number of carbonyl (C=O) groups is 2. The largest absolute Gasteiger partial charge is 0.476 e. The molecule has 0 aliphatic rings. The SMILES string of the molecule is Cc1ccc(NC(=O)Nc2cc(-c3scnc3C(=O)O)ccc2N(CC(C)C)CC(C)C)cc1. The summed E-state index contributed by atoms with van der Waals surface area (Å²) >= 11 is 1.26. The first-order valence-electron chi connectivity index (χ1n) is 11.3. The second-order valence-electron chi connectivity index (χ2n) is 9.20. The van der Waals surface area contributed by atoms with E-state index in [2.05, 4.69) is 48.2 Å². The average Bonchev–Trinajstić information content (AvgIpc) is 3.24. The van der Waals surface area contributed by atoms with Gasteiger partial charge in [-0.1, -0.05) is 51.5 Å². The topological polar surface area (TPSA) is 94.6 Å². The van der Waals surface area contributed by atoms with E-state index < -0.39 is 5.97 Å². The molecule has 34 heavy (non-hydrogen) atoms. The molecule has 7 nitrogen and oxygen atoms in total. The zero-order valence-electron chi connectivity index (χ0n) is 20.3. The molecule has 180 valence electrons. The first-order valence-corrected chi connectivity index (χ1v) is 12.2. The predicted octanol–water partition coefficient (Wildman–Crippen LogP) is 6.58. The number of aryl methyl sites for hydroxylation is 1. The fourth-order valence-electron chi connectivity index (χ4n) is 3.73. The molecular formula is C26H32N4O3S. The van der Waals surface area contributed by atoms with Crippen LogP contribution >= 0.6 is 11.3 Å². The second-order valence-corrected chi connectivity index (χ2v) is 10.1. The lowest BCUT2D eigenvalue weighted by atomic mass is 10.1. The highest BCUT2D eigenvalue weighted by Gasteiger charge is 2.20. The fourth-order valence-corrected chi connectivity index (χ4v) is 4.51. The lowest BCUT2D eigenvalue weighted by Gasteiger charge is -2.30. The number of carboxylic acid groups (broad SMARTS) is 1. The van der Waals surface area contributed by atoms with E-state index in [4.69, 9.17) is 0 Å². The van der Waals surface area contributed by atoms with Gasteiger partial charge in [-0.3, -0.25) is 0 Å². The van der Waals surface area contributed by atoms with Gasteiger partial charge >= 0.3 is 12.0 Å². The Kier molecular flexibility index (Phi) is 8.28. The number of hydrogen-bond acceptors (Lipinski definition) is 5. The Hall–Kier alpha value is -3.39. The summed E-state index contributed by atoms with van der Waals surface area (Å²) in [6, 6.07) is 12.9. The van der Waals surface area contributed by atoms with Gasteiger partial charge in [0.2, 0.25) is 0 Å². The first-order chi connectivity index (χ1) is 16.1. The number of hydrogen-bond donors (Lipinski definition) is 3. The molecule has 0 saturated heterocycles. The van der Waals surface area contributed by atoms with E-state index in [1.54, 1.807) is 0 Å². The number of urea groups is 1. The predicted molar refractivity (Wildman–Crippen MR) is 140 cm³/mol. The maximum absolute atomic E-state index is 12.9. The van der Waals surface area contributed by atoms with Crippen LogP contribution in [0.5, 0.6) is 0 Å². The zero-order chi connectivity index (χ0) is 24.8. The van der Waals surface area contributed by atoms with Crippen molar-refractivity contribution in [2.45, 2.75) is 34.6 Å². The molecular weight excluding hydrogens is 448 g/mol. The van der Waals surface area contributed by atoms with Gasteiger partial charge in [0.25, 0.3) is 0 Å². The Labute approximate surface area is 204 Å². The summed E-state index contributed by atoms with van der Waals surface area (Å²) in [5.41, 5.74) is 5.54. The van der Waals surface area contributed by atoms with E-state index in [9.17, 15) is 14.7 Å². The molecule has 8 heteroatoms. The van der Waals surface area contributed by atoms with E-state index >= 15 is 0 Å². The molecule has 0 aliphatic carbocycles. The third-order valence-electron chi connectivity index (χ3n) is 5.10. The molecule has 0 bridgehead atoms. The molecule has 0 aliphatic heterocycles. The number of aromatic nitrogens is 1. The Morgan fingerprint density at radius 1 is 1.00 bits per heavy atom. The van der Waals surface area contributed by atoms with E-state index in [1.165, 1.54) is 16.8 Å². The van der Waals surface area contributed by atoms with Crippen LogP contribution in [0.2, 0.25) is 0 Å². The minimum Gasteiger partial charge on any atom is -0.476 e. The molecule has 3 rings (SSSR count). The number of carboxylic acids is 1. The molecule has 1 heterocycles. The van der Waals surface area contributed by atoms with Crippen LogP contribution in [0.25, 0.3) is 10.4 Å². The number of nitrogens with one attached hydrogen (secondary N) is 2. The minimum absolute atomic E-state index is 0.00836. The standard InChI is InChI=1S/C26H32N4O3S/c1-16(2)13-30(14-17(3)4)22-11-8-19(24-23(25(31)32)27-15-34-24)12-21(22)29-26(33)28-20-9-6-18(5)7-10-20/h6-12,15-17H,13-14H2,1-5H3,(H,31,32)(H2,28,29,33). The molecule has 0 atom stereocenters. The van der Waals surface area contributed by atoms with Crippen LogP contribution in [-0.4, -0.2) is 35.2 Å². The fraction of sp³-hybridized carbons (Fsp3) is 0.346. The van der Waals surface area contributed by atoms with Gasteiger partial charge < -0.3 is 20.6 Å². The van der Waals surface area contributed by atoms with Crippen molar-refractivity contribution in [2.24, 2.45) is 11.8 Å². The van der Waals surface area contributed by atoms with Crippen LogP contribution in [0.15, 0.2) is 48.0 Å². The van der Waals surface area contributed by atoms with Gasteiger partial charge in [0.15, 0.2) is 5.69 Å². The number of benzene rings is 2. The number of nitrogens with zero attached hydrogens (tertiary/aromatic N) is 2. The van der Waals surface area contributed by atoms with Crippen molar-refractivity contribution >= 4 is 40.4 Å². The van der Waals surface area contributed by atoms with Crippen molar-refractivity contribution in [3.8, 4) is 10.4 Å². The average molecular weight is 481 g/mol. The summed E-state index contributed by atoms with van der Waals surface area (Å²) in [6.45, 7) is 12.3. The summed E-state index contributed by atoms with van der Waals surface area (Å²) in [5.74, 6) is -0.228. The van der Waals surface area contributed by atoms with Crippen molar-refractivity contribution in [1.82, 2.24) is 4.98 Å². The van der Waals surface area contributed by atoms with Crippen LogP contribution in [0.4, 0.5) is 21.9 Å². The molecule has 2 amide bonds. The molecule has 2 aromatic carbocycles. The Morgan fingerprint density at radius 2 is 1.65 bits per heavy atom. The zero-order valence-corrected chi connectivity index (χ0v) is 21.1. The van der Waals surface area contributed by atoms with E-state index in [1.807, 2.05) is 49.4 Å². The highest BCUT2D eigenvalue weighted by atomic mass is 32.1. The van der Waals surface area contributed by atoms with Gasteiger partial charge in [0.1, 0.15) is 0 Å². The number of amides is 2. The van der Waals surface area contributed by atoms with Crippen molar-refractivity contribution in [2.75, 3.05) is 28.6 Å². The summed E-state index contributed by atoms with van der Waals surface area (Å²) in [5, 5.41) is 15.4. The lowest BCUT2D eigenvalue weighted by molar-refractivity contribution is 0.0692. The van der Waals surface area contributed by atoms with Crippen LogP contribution in [-0.2, 0) is 0 Å². The van der Waals surface area contributed by atoms with Crippen LogP contribution in [0.3, 0.4) is 0 Å². The lowest BCUT2D eigenvalue weighted by Crippen LogP contribution is -2.32. The molecule has 3 N–H and O–H groups in total.